The summed E-state index contributed by atoms with van der Waals surface area (Å²) in [6.45, 7) is 1.62. The van der Waals surface area contributed by atoms with Crippen LogP contribution in [0.15, 0.2) is 66.0 Å². The van der Waals surface area contributed by atoms with Gasteiger partial charge in [0.2, 0.25) is 0 Å². The lowest BCUT2D eigenvalue weighted by Crippen LogP contribution is -2.22. The van der Waals surface area contributed by atoms with Gasteiger partial charge in [-0.2, -0.15) is 0 Å². The number of nitrogens with one attached hydrogen (secondary N) is 2. The molecule has 0 saturated carbocycles. The molecule has 116 valence electrons. The quantitative estimate of drug-likeness (QED) is 0.482. The lowest BCUT2D eigenvalue weighted by atomic mass is 10.2. The second kappa shape index (κ2) is 5.80. The molecule has 0 aliphatic rings. The van der Waals surface area contributed by atoms with Gasteiger partial charge in [0, 0.05) is 34.7 Å². The Morgan fingerprint density at radius 1 is 0.957 bits per heavy atom. The Balaban J connectivity index is 0.000000151. The van der Waals surface area contributed by atoms with E-state index in [1.54, 1.807) is 25.3 Å². The van der Waals surface area contributed by atoms with Crippen LogP contribution in [0.25, 0.3) is 21.9 Å². The maximum atomic E-state index is 11.0. The number of rotatable bonds is 0. The summed E-state index contributed by atoms with van der Waals surface area (Å²) < 4.78 is 10.2. The van der Waals surface area contributed by atoms with E-state index in [1.807, 2.05) is 12.1 Å². The Bertz CT molecular complexity index is 1150. The molecule has 4 rings (SSSR count). The van der Waals surface area contributed by atoms with E-state index in [4.69, 9.17) is 8.83 Å². The predicted octanol–water partition coefficient (Wildman–Crippen LogP) is 1.91. The van der Waals surface area contributed by atoms with Gasteiger partial charge >= 0.3 is 11.3 Å². The molecular formula is C16H12N2O5. The van der Waals surface area contributed by atoms with Crippen molar-refractivity contribution in [2.45, 2.75) is 6.92 Å². The number of aromatic nitrogens is 2. The van der Waals surface area contributed by atoms with Gasteiger partial charge < -0.3 is 13.8 Å². The molecule has 0 bridgehead atoms. The highest BCUT2D eigenvalue weighted by Gasteiger charge is 2.01. The standard InChI is InChI=1S/C11H6O3.C5H6N2O2/c12-11-2-1-7-5-8-3-4-13-9(8)6-10(7)14-11;1-3-2-6-5(9)7-4(3)8/h1-6H;2H,1H3,(H2,6,7,8,9). The Morgan fingerprint density at radius 2 is 1.74 bits per heavy atom. The molecule has 2 N–H and O–H groups in total. The van der Waals surface area contributed by atoms with Crippen molar-refractivity contribution in [3.05, 3.63) is 79.6 Å². The van der Waals surface area contributed by atoms with Crippen LogP contribution in [-0.4, -0.2) is 9.97 Å². The molecule has 0 unspecified atom stereocenters. The molecule has 23 heavy (non-hydrogen) atoms. The van der Waals surface area contributed by atoms with E-state index in [0.717, 1.165) is 16.4 Å². The van der Waals surface area contributed by atoms with E-state index < -0.39 is 5.69 Å². The number of benzene rings is 1. The lowest BCUT2D eigenvalue weighted by Gasteiger charge is -1.94. The maximum Gasteiger partial charge on any atom is 0.336 e. The summed E-state index contributed by atoms with van der Waals surface area (Å²) in [4.78, 5) is 36.3. The van der Waals surface area contributed by atoms with Gasteiger partial charge in [-0.3, -0.25) is 9.78 Å². The Labute approximate surface area is 128 Å². The highest BCUT2D eigenvalue weighted by molar-refractivity contribution is 5.92. The van der Waals surface area contributed by atoms with Gasteiger partial charge in [-0.1, -0.05) is 0 Å². The van der Waals surface area contributed by atoms with Crippen LogP contribution in [0.3, 0.4) is 0 Å². The van der Waals surface area contributed by atoms with Gasteiger partial charge in [0.15, 0.2) is 0 Å². The van der Waals surface area contributed by atoms with Crippen molar-refractivity contribution >= 4 is 21.9 Å². The molecule has 0 aliphatic heterocycles. The second-order valence-electron chi connectivity index (χ2n) is 4.86. The Kier molecular flexibility index (Phi) is 3.68. The first-order chi connectivity index (χ1) is 11.0. The summed E-state index contributed by atoms with van der Waals surface area (Å²) in [5, 5.41) is 1.91. The molecule has 0 amide bonds. The molecule has 3 aromatic heterocycles. The highest BCUT2D eigenvalue weighted by atomic mass is 16.4. The van der Waals surface area contributed by atoms with E-state index in [2.05, 4.69) is 9.97 Å². The fraction of sp³-hybridized carbons (Fsp3) is 0.0625. The summed E-state index contributed by atoms with van der Waals surface area (Å²) in [6, 6.07) is 8.69. The topological polar surface area (TPSA) is 109 Å². The van der Waals surface area contributed by atoms with Gasteiger partial charge in [0.05, 0.1) is 6.26 Å². The van der Waals surface area contributed by atoms with Crippen molar-refractivity contribution in [3.63, 3.8) is 0 Å². The molecule has 7 heteroatoms. The van der Waals surface area contributed by atoms with Crippen LogP contribution < -0.4 is 16.9 Å². The minimum atomic E-state index is -0.467. The monoisotopic (exact) mass is 312 g/mol. The summed E-state index contributed by atoms with van der Waals surface area (Å²) in [6.07, 6.45) is 2.99. The fourth-order valence-corrected chi connectivity index (χ4v) is 2.00. The SMILES string of the molecule is Cc1c[nH]c(=O)[nH]c1=O.O=c1ccc2cc3ccoc3cc2o1. The first kappa shape index (κ1) is 14.6. The second-order valence-corrected chi connectivity index (χ2v) is 4.86. The normalized spacial score (nSPS) is 10.5. The Hall–Kier alpha value is -3.35. The zero-order chi connectivity index (χ0) is 16.4. The third-order valence-corrected chi connectivity index (χ3v) is 3.20. The number of fused-ring (bicyclic) bond motifs is 2. The number of aromatic amines is 2. The summed E-state index contributed by atoms with van der Waals surface area (Å²) >= 11 is 0. The fourth-order valence-electron chi connectivity index (χ4n) is 2.00. The molecule has 0 saturated heterocycles. The van der Waals surface area contributed by atoms with Crippen molar-refractivity contribution in [2.24, 2.45) is 0 Å². The van der Waals surface area contributed by atoms with E-state index >= 15 is 0 Å². The molecule has 1 aromatic carbocycles. The van der Waals surface area contributed by atoms with Crippen LogP contribution in [0, 0.1) is 6.92 Å². The van der Waals surface area contributed by atoms with E-state index in [-0.39, 0.29) is 11.2 Å². The molecule has 0 fully saturated rings. The third kappa shape index (κ3) is 3.13. The molecule has 7 nitrogen and oxygen atoms in total. The largest absolute Gasteiger partial charge is 0.464 e. The van der Waals surface area contributed by atoms with Crippen LogP contribution in [-0.2, 0) is 0 Å². The minimum absolute atomic E-state index is 0.334. The highest BCUT2D eigenvalue weighted by Crippen LogP contribution is 2.22. The molecule has 0 spiro atoms. The van der Waals surface area contributed by atoms with E-state index in [0.29, 0.717) is 11.1 Å². The third-order valence-electron chi connectivity index (χ3n) is 3.20. The number of hydrogen-bond donors (Lipinski definition) is 2. The van der Waals surface area contributed by atoms with Crippen molar-refractivity contribution in [1.82, 2.24) is 9.97 Å². The lowest BCUT2D eigenvalue weighted by molar-refractivity contribution is 0.559. The number of H-pyrrole nitrogens is 2. The first-order valence-electron chi connectivity index (χ1n) is 6.73. The minimum Gasteiger partial charge on any atom is -0.464 e. The first-order valence-corrected chi connectivity index (χ1v) is 6.73. The van der Waals surface area contributed by atoms with Crippen LogP contribution >= 0.6 is 0 Å². The van der Waals surface area contributed by atoms with Crippen LogP contribution in [0.4, 0.5) is 0 Å². The Morgan fingerprint density at radius 3 is 2.48 bits per heavy atom. The smallest absolute Gasteiger partial charge is 0.336 e. The average Bonchev–Trinajstić information content (AvgIpc) is 2.97. The zero-order valence-electron chi connectivity index (χ0n) is 12.1. The van der Waals surface area contributed by atoms with Crippen molar-refractivity contribution < 1.29 is 8.83 Å². The average molecular weight is 312 g/mol. The van der Waals surface area contributed by atoms with Crippen LogP contribution in [0.5, 0.6) is 0 Å². The van der Waals surface area contributed by atoms with Gasteiger partial charge in [-0.25, -0.2) is 9.59 Å². The molecule has 3 heterocycles. The van der Waals surface area contributed by atoms with Crippen molar-refractivity contribution in [2.75, 3.05) is 0 Å². The summed E-state index contributed by atoms with van der Waals surface area (Å²) in [7, 11) is 0. The zero-order valence-corrected chi connectivity index (χ0v) is 12.1. The number of hydrogen-bond acceptors (Lipinski definition) is 5. The van der Waals surface area contributed by atoms with Crippen molar-refractivity contribution in [1.29, 1.82) is 0 Å². The number of aryl methyl sites for hydroxylation is 1. The van der Waals surface area contributed by atoms with Gasteiger partial charge in [-0.05, 0) is 25.1 Å². The van der Waals surface area contributed by atoms with Crippen molar-refractivity contribution in [3.8, 4) is 0 Å². The van der Waals surface area contributed by atoms with E-state index in [9.17, 15) is 14.4 Å². The summed E-state index contributed by atoms with van der Waals surface area (Å²) in [5.74, 6) is 0. The van der Waals surface area contributed by atoms with Gasteiger partial charge in [0.1, 0.15) is 11.2 Å². The molecule has 4 aromatic rings. The molecule has 0 aliphatic carbocycles. The van der Waals surface area contributed by atoms with E-state index in [1.165, 1.54) is 12.3 Å². The van der Waals surface area contributed by atoms with Gasteiger partial charge in [0.25, 0.3) is 5.56 Å². The number of furan rings is 1. The van der Waals surface area contributed by atoms with Crippen LogP contribution in [0.2, 0.25) is 0 Å². The summed E-state index contributed by atoms with van der Waals surface area (Å²) in [5.41, 5.74) is 0.647. The van der Waals surface area contributed by atoms with Crippen LogP contribution in [0.1, 0.15) is 5.56 Å². The maximum absolute atomic E-state index is 11.0. The predicted molar refractivity (Wildman–Crippen MR) is 84.7 cm³/mol. The molecule has 0 radical (unpaired) electrons. The molecule has 0 atom stereocenters. The molecular weight excluding hydrogens is 300 g/mol. The van der Waals surface area contributed by atoms with Gasteiger partial charge in [-0.15, -0.1) is 0 Å².